The van der Waals surface area contributed by atoms with Crippen molar-refractivity contribution in [2.75, 3.05) is 14.7 Å². The van der Waals surface area contributed by atoms with Crippen LogP contribution >= 0.6 is 0 Å². The molecule has 0 saturated carbocycles. The number of nitrogens with zero attached hydrogens (tertiary/aromatic N) is 3. The SMILES string of the molecule is CC(C)(C)c1ccc(N2c3cc(N(c4ccccc4)c4ccccc4)cc4c3B3c5c2cccc5[Si](C)(c2ccccc2)c2cccc(c23)N4c2ccc(C(C)(C)C)cc2)cc1. The molecule has 3 heterocycles. The van der Waals surface area contributed by atoms with E-state index in [1.807, 2.05) is 0 Å². The van der Waals surface area contributed by atoms with E-state index in [0.717, 1.165) is 17.1 Å². The van der Waals surface area contributed by atoms with Crippen LogP contribution in [0.1, 0.15) is 52.7 Å². The number of anilines is 9. The van der Waals surface area contributed by atoms with Crippen molar-refractivity contribution in [3.8, 4) is 0 Å². The second kappa shape index (κ2) is 14.0. The Morgan fingerprint density at radius 3 is 1.21 bits per heavy atom. The molecule has 0 bridgehead atoms. The van der Waals surface area contributed by atoms with Crippen LogP contribution in [0, 0.1) is 0 Å². The molecule has 3 aliphatic rings. The number of benzene rings is 8. The molecule has 302 valence electrons. The Morgan fingerprint density at radius 2 is 0.806 bits per heavy atom. The second-order valence-corrected chi connectivity index (χ2v) is 23.5. The molecule has 0 N–H and O–H groups in total. The zero-order valence-electron chi connectivity index (χ0n) is 36.8. The van der Waals surface area contributed by atoms with Gasteiger partial charge in [0.15, 0.2) is 0 Å². The van der Waals surface area contributed by atoms with Crippen LogP contribution in [0.3, 0.4) is 0 Å². The van der Waals surface area contributed by atoms with Crippen LogP contribution in [-0.4, -0.2) is 14.8 Å². The first-order chi connectivity index (χ1) is 29.9. The molecule has 5 heteroatoms. The summed E-state index contributed by atoms with van der Waals surface area (Å²) in [4.78, 5) is 7.62. The Kier molecular flexibility index (Phi) is 8.66. The lowest BCUT2D eigenvalue weighted by molar-refractivity contribution is 0.590. The molecule has 3 aliphatic heterocycles. The van der Waals surface area contributed by atoms with Gasteiger partial charge in [0.25, 0.3) is 6.71 Å². The van der Waals surface area contributed by atoms with Gasteiger partial charge in [-0.3, -0.25) is 0 Å². The van der Waals surface area contributed by atoms with E-state index >= 15 is 0 Å². The minimum atomic E-state index is -2.54. The maximum absolute atomic E-state index is 2.60. The van der Waals surface area contributed by atoms with Crippen LogP contribution in [0.4, 0.5) is 51.2 Å². The van der Waals surface area contributed by atoms with Gasteiger partial charge in [-0.15, -0.1) is 0 Å². The Labute approximate surface area is 369 Å². The van der Waals surface area contributed by atoms with E-state index in [1.54, 1.807) is 0 Å². The van der Waals surface area contributed by atoms with Crippen molar-refractivity contribution in [3.05, 3.63) is 199 Å². The first kappa shape index (κ1) is 38.4. The predicted octanol–water partition coefficient (Wildman–Crippen LogP) is 11.2. The standard InChI is InChI=1S/C57H52BN3Si/c1-56(2,3)39-29-33-43(34-30-39)60-47-25-17-27-51-54(47)58-53-49(60)37-45(59(41-19-11-8-12-20-41)42-21-13-9-14-22-42)38-50(53)61(44-35-31-40(32-36-44)57(4,5)6)48-26-18-28-52(55(48)58)62(51,7)46-23-15-10-16-24-46/h8-38H,1-7H3. The third-order valence-corrected chi connectivity index (χ3v) is 18.3. The van der Waals surface area contributed by atoms with E-state index in [0.29, 0.717) is 0 Å². The maximum Gasteiger partial charge on any atom is 0.251 e. The Balaban J connectivity index is 1.28. The van der Waals surface area contributed by atoms with Crippen molar-refractivity contribution in [3.63, 3.8) is 0 Å². The van der Waals surface area contributed by atoms with E-state index < -0.39 is 8.07 Å². The van der Waals surface area contributed by atoms with Crippen molar-refractivity contribution >= 4 is 97.9 Å². The van der Waals surface area contributed by atoms with Gasteiger partial charge >= 0.3 is 0 Å². The van der Waals surface area contributed by atoms with Crippen molar-refractivity contribution in [1.29, 1.82) is 0 Å². The van der Waals surface area contributed by atoms with Gasteiger partial charge in [0, 0.05) is 45.5 Å². The normalized spacial score (nSPS) is 14.4. The fourth-order valence-electron chi connectivity index (χ4n) is 10.7. The van der Waals surface area contributed by atoms with E-state index in [1.165, 1.54) is 77.2 Å². The molecule has 11 rings (SSSR count). The molecule has 0 aliphatic carbocycles. The Bertz CT molecular complexity index is 2810. The third kappa shape index (κ3) is 5.78. The lowest BCUT2D eigenvalue weighted by Crippen LogP contribution is -2.83. The molecule has 0 saturated heterocycles. The molecule has 0 radical (unpaired) electrons. The van der Waals surface area contributed by atoms with E-state index in [4.69, 9.17) is 0 Å². The topological polar surface area (TPSA) is 9.72 Å². The van der Waals surface area contributed by atoms with Gasteiger partial charge in [0.1, 0.15) is 8.07 Å². The summed E-state index contributed by atoms with van der Waals surface area (Å²) in [6.45, 7) is 16.5. The molecule has 0 amide bonds. The summed E-state index contributed by atoms with van der Waals surface area (Å²) >= 11 is 0. The molecular weight excluding hydrogens is 766 g/mol. The number of hydrogen-bond acceptors (Lipinski definition) is 3. The molecule has 0 aromatic heterocycles. The lowest BCUT2D eigenvalue weighted by Gasteiger charge is -2.51. The lowest BCUT2D eigenvalue weighted by atomic mass is 9.33. The smallest absolute Gasteiger partial charge is 0.251 e. The highest BCUT2D eigenvalue weighted by atomic mass is 28.3. The molecular formula is C57H52BN3Si. The monoisotopic (exact) mass is 817 g/mol. The number of para-hydroxylation sites is 2. The second-order valence-electron chi connectivity index (χ2n) is 19.6. The number of hydrogen-bond donors (Lipinski definition) is 0. The quantitative estimate of drug-likeness (QED) is 0.155. The largest absolute Gasteiger partial charge is 0.311 e. The van der Waals surface area contributed by atoms with Crippen molar-refractivity contribution < 1.29 is 0 Å². The van der Waals surface area contributed by atoms with Crippen LogP contribution in [0.15, 0.2) is 188 Å². The summed E-state index contributed by atoms with van der Waals surface area (Å²) in [5, 5.41) is 4.45. The summed E-state index contributed by atoms with van der Waals surface area (Å²) in [5.74, 6) is 0. The van der Waals surface area contributed by atoms with Gasteiger partial charge in [0.2, 0.25) is 0 Å². The maximum atomic E-state index is 2.60. The van der Waals surface area contributed by atoms with Gasteiger partial charge in [-0.1, -0.05) is 174 Å². The van der Waals surface area contributed by atoms with Gasteiger partial charge in [-0.25, -0.2) is 0 Å². The predicted molar refractivity (Wildman–Crippen MR) is 270 cm³/mol. The minimum Gasteiger partial charge on any atom is -0.311 e. The van der Waals surface area contributed by atoms with Crippen LogP contribution in [-0.2, 0) is 10.8 Å². The van der Waals surface area contributed by atoms with Gasteiger partial charge in [0.05, 0.1) is 5.69 Å². The van der Waals surface area contributed by atoms with Crippen molar-refractivity contribution in [1.82, 2.24) is 0 Å². The van der Waals surface area contributed by atoms with E-state index in [2.05, 4.69) is 251 Å². The summed E-state index contributed by atoms with van der Waals surface area (Å²) in [6, 6.07) is 71.2. The van der Waals surface area contributed by atoms with E-state index in [-0.39, 0.29) is 17.5 Å². The first-order valence-corrected chi connectivity index (χ1v) is 24.6. The van der Waals surface area contributed by atoms with Crippen molar-refractivity contribution in [2.24, 2.45) is 0 Å². The van der Waals surface area contributed by atoms with Crippen LogP contribution in [0.25, 0.3) is 0 Å². The van der Waals surface area contributed by atoms with Gasteiger partial charge < -0.3 is 14.7 Å². The highest BCUT2D eigenvalue weighted by Crippen LogP contribution is 2.48. The Hall–Kier alpha value is -6.56. The summed E-state index contributed by atoms with van der Waals surface area (Å²) < 4.78 is 0. The average molecular weight is 818 g/mol. The van der Waals surface area contributed by atoms with Crippen LogP contribution in [0.2, 0.25) is 6.55 Å². The highest BCUT2D eigenvalue weighted by Gasteiger charge is 2.53. The molecule has 0 atom stereocenters. The van der Waals surface area contributed by atoms with Crippen LogP contribution in [0.5, 0.6) is 0 Å². The average Bonchev–Trinajstić information content (AvgIpc) is 3.28. The van der Waals surface area contributed by atoms with Gasteiger partial charge in [-0.2, -0.15) is 0 Å². The third-order valence-electron chi connectivity index (χ3n) is 13.8. The van der Waals surface area contributed by atoms with Crippen LogP contribution < -0.4 is 46.6 Å². The molecule has 8 aromatic rings. The molecule has 3 nitrogen and oxygen atoms in total. The molecule has 62 heavy (non-hydrogen) atoms. The fraction of sp³-hybridized carbons (Fsp3) is 0.158. The fourth-order valence-corrected chi connectivity index (χ4v) is 14.9. The Morgan fingerprint density at radius 1 is 0.403 bits per heavy atom. The zero-order chi connectivity index (χ0) is 42.5. The van der Waals surface area contributed by atoms with E-state index in [9.17, 15) is 0 Å². The zero-order valence-corrected chi connectivity index (χ0v) is 37.8. The molecule has 8 aromatic carbocycles. The first-order valence-electron chi connectivity index (χ1n) is 22.1. The van der Waals surface area contributed by atoms with Gasteiger partial charge in [-0.05, 0) is 116 Å². The molecule has 0 unspecified atom stereocenters. The minimum absolute atomic E-state index is 0.0363. The summed E-state index contributed by atoms with van der Waals surface area (Å²) in [7, 11) is -2.54. The molecule has 0 spiro atoms. The highest BCUT2D eigenvalue weighted by molar-refractivity contribution is 7.21. The molecule has 0 fully saturated rings. The van der Waals surface area contributed by atoms with Crippen molar-refractivity contribution in [2.45, 2.75) is 58.9 Å². The number of rotatable bonds is 6. The summed E-state index contributed by atoms with van der Waals surface area (Å²) in [5.41, 5.74) is 17.7. The summed E-state index contributed by atoms with van der Waals surface area (Å²) in [6.07, 6.45) is 0.